The summed E-state index contributed by atoms with van der Waals surface area (Å²) in [6.07, 6.45) is 3.59. The Morgan fingerprint density at radius 3 is 2.59 bits per heavy atom. The van der Waals surface area contributed by atoms with Crippen molar-refractivity contribution in [1.29, 1.82) is 0 Å². The lowest BCUT2D eigenvalue weighted by molar-refractivity contribution is -0.132. The molecular weight excluding hydrogens is 403 g/mol. The first-order chi connectivity index (χ1) is 14.0. The third-order valence-electron chi connectivity index (χ3n) is 6.19. The molecule has 0 bridgehead atoms. The second-order valence-electron chi connectivity index (χ2n) is 8.10. The van der Waals surface area contributed by atoms with E-state index in [-0.39, 0.29) is 18.0 Å². The molecule has 2 aromatic carbocycles. The summed E-state index contributed by atoms with van der Waals surface area (Å²) >= 11 is 12.2. The lowest BCUT2D eigenvalue weighted by atomic mass is 9.79. The second-order valence-corrected chi connectivity index (χ2v) is 8.91. The van der Waals surface area contributed by atoms with Crippen molar-refractivity contribution in [2.75, 3.05) is 20.1 Å². The fourth-order valence-electron chi connectivity index (χ4n) is 4.73. The summed E-state index contributed by atoms with van der Waals surface area (Å²) in [5, 5.41) is 0.980. The van der Waals surface area contributed by atoms with Gasteiger partial charge in [0, 0.05) is 7.05 Å². The fraction of sp³-hybridized carbons (Fsp3) is 0.375. The maximum absolute atomic E-state index is 13.3. The number of likely N-dealkylation sites (N-methyl/N-ethyl adjacent to an activating group) is 1. The van der Waals surface area contributed by atoms with Crippen molar-refractivity contribution >= 4 is 29.1 Å². The van der Waals surface area contributed by atoms with Crippen molar-refractivity contribution in [2.24, 2.45) is 0 Å². The molecule has 0 saturated carbocycles. The SMILES string of the molecule is C=C1Cc2ccccc2[C@H](N(C)C(=O)Cc2ccc(Cl)c(Cl)c2)[C@H]1N1CCCC1. The number of amides is 1. The number of hydrogen-bond donors (Lipinski definition) is 0. The standard InChI is InChI=1S/C24H26Cl2N2O/c1-16-13-18-7-3-4-8-19(18)24(23(16)28-11-5-6-12-28)27(2)22(29)15-17-9-10-20(25)21(26)14-17/h3-4,7-10,14,23-24H,1,5-6,11-13,15H2,2H3/t23-,24-/m0/s1. The highest BCUT2D eigenvalue weighted by Gasteiger charge is 2.40. The van der Waals surface area contributed by atoms with E-state index in [9.17, 15) is 4.79 Å². The number of benzene rings is 2. The Labute approximate surface area is 182 Å². The van der Waals surface area contributed by atoms with Crippen LogP contribution >= 0.6 is 23.2 Å². The zero-order chi connectivity index (χ0) is 20.5. The first-order valence-electron chi connectivity index (χ1n) is 10.1. The van der Waals surface area contributed by atoms with E-state index >= 15 is 0 Å². The van der Waals surface area contributed by atoms with Crippen molar-refractivity contribution in [3.8, 4) is 0 Å². The lowest BCUT2D eigenvalue weighted by Gasteiger charge is -2.44. The summed E-state index contributed by atoms with van der Waals surface area (Å²) in [6, 6.07) is 14.0. The van der Waals surface area contributed by atoms with E-state index < -0.39 is 0 Å². The lowest BCUT2D eigenvalue weighted by Crippen LogP contribution is -2.49. The number of carbonyl (C=O) groups is 1. The van der Waals surface area contributed by atoms with Gasteiger partial charge in [0.15, 0.2) is 0 Å². The normalized spacial score (nSPS) is 21.8. The second kappa shape index (κ2) is 8.51. The summed E-state index contributed by atoms with van der Waals surface area (Å²) < 4.78 is 0. The van der Waals surface area contributed by atoms with Gasteiger partial charge in [0.2, 0.25) is 5.91 Å². The van der Waals surface area contributed by atoms with Crippen molar-refractivity contribution in [2.45, 2.75) is 37.8 Å². The van der Waals surface area contributed by atoms with Crippen molar-refractivity contribution in [3.05, 3.63) is 81.4 Å². The predicted octanol–water partition coefficient (Wildman–Crippen LogP) is 5.31. The minimum absolute atomic E-state index is 0.0270. The number of nitrogens with zero attached hydrogens (tertiary/aromatic N) is 2. The molecule has 1 saturated heterocycles. The molecule has 1 heterocycles. The van der Waals surface area contributed by atoms with Gasteiger partial charge in [-0.15, -0.1) is 0 Å². The molecule has 1 aliphatic heterocycles. The van der Waals surface area contributed by atoms with Crippen LogP contribution in [0.25, 0.3) is 0 Å². The summed E-state index contributed by atoms with van der Waals surface area (Å²) in [5.74, 6) is 0.0714. The first-order valence-corrected chi connectivity index (χ1v) is 10.9. The van der Waals surface area contributed by atoms with E-state index in [1.54, 1.807) is 12.1 Å². The van der Waals surface area contributed by atoms with E-state index in [1.165, 1.54) is 29.5 Å². The zero-order valence-corrected chi connectivity index (χ0v) is 18.2. The number of carbonyl (C=O) groups excluding carboxylic acids is 1. The molecule has 1 fully saturated rings. The number of likely N-dealkylation sites (tertiary alicyclic amines) is 1. The quantitative estimate of drug-likeness (QED) is 0.615. The average Bonchev–Trinajstić information content (AvgIpc) is 3.23. The Bertz CT molecular complexity index is 936. The minimum atomic E-state index is -0.0270. The van der Waals surface area contributed by atoms with Gasteiger partial charge in [0.25, 0.3) is 0 Å². The highest BCUT2D eigenvalue weighted by atomic mass is 35.5. The van der Waals surface area contributed by atoms with Crippen LogP contribution in [-0.2, 0) is 17.6 Å². The van der Waals surface area contributed by atoms with Crippen LogP contribution in [-0.4, -0.2) is 41.9 Å². The third kappa shape index (κ3) is 4.09. The Hall–Kier alpha value is -1.81. The smallest absolute Gasteiger partial charge is 0.227 e. The van der Waals surface area contributed by atoms with Crippen LogP contribution < -0.4 is 0 Å². The Morgan fingerprint density at radius 2 is 1.86 bits per heavy atom. The number of fused-ring (bicyclic) bond motifs is 1. The molecule has 3 nitrogen and oxygen atoms in total. The third-order valence-corrected chi connectivity index (χ3v) is 6.93. The monoisotopic (exact) mass is 428 g/mol. The van der Waals surface area contributed by atoms with Crippen LogP contribution in [0.15, 0.2) is 54.6 Å². The first kappa shape index (κ1) is 20.5. The molecule has 152 valence electrons. The summed E-state index contributed by atoms with van der Waals surface area (Å²) in [7, 11) is 1.92. The molecule has 4 rings (SSSR count). The van der Waals surface area contributed by atoms with Gasteiger partial charge in [-0.05, 0) is 61.2 Å². The van der Waals surface area contributed by atoms with Crippen LogP contribution in [0.4, 0.5) is 0 Å². The van der Waals surface area contributed by atoms with Gasteiger partial charge < -0.3 is 4.90 Å². The maximum Gasteiger partial charge on any atom is 0.227 e. The average molecular weight is 429 g/mol. The highest BCUT2D eigenvalue weighted by molar-refractivity contribution is 6.42. The number of rotatable bonds is 4. The van der Waals surface area contributed by atoms with Crippen LogP contribution in [0.3, 0.4) is 0 Å². The molecule has 2 aliphatic rings. The topological polar surface area (TPSA) is 23.6 Å². The van der Waals surface area contributed by atoms with E-state index in [2.05, 4.69) is 35.7 Å². The molecule has 2 atom stereocenters. The van der Waals surface area contributed by atoms with Gasteiger partial charge in [-0.3, -0.25) is 9.69 Å². The van der Waals surface area contributed by atoms with E-state index in [4.69, 9.17) is 23.2 Å². The van der Waals surface area contributed by atoms with Crippen molar-refractivity contribution < 1.29 is 4.79 Å². The minimum Gasteiger partial charge on any atom is -0.336 e. The van der Waals surface area contributed by atoms with Gasteiger partial charge in [-0.1, -0.05) is 65.7 Å². The Balaban J connectivity index is 1.65. The van der Waals surface area contributed by atoms with Gasteiger partial charge in [-0.2, -0.15) is 0 Å². The fourth-order valence-corrected chi connectivity index (χ4v) is 5.05. The summed E-state index contributed by atoms with van der Waals surface area (Å²) in [6.45, 7) is 6.56. The molecule has 5 heteroatoms. The Morgan fingerprint density at radius 1 is 1.14 bits per heavy atom. The molecule has 0 unspecified atom stereocenters. The van der Waals surface area contributed by atoms with E-state index in [1.807, 2.05) is 18.0 Å². The Kier molecular flexibility index (Phi) is 6.00. The molecule has 29 heavy (non-hydrogen) atoms. The molecule has 2 aromatic rings. The number of hydrogen-bond acceptors (Lipinski definition) is 2. The molecule has 1 amide bonds. The molecule has 1 aliphatic carbocycles. The van der Waals surface area contributed by atoms with Gasteiger partial charge in [-0.25, -0.2) is 0 Å². The van der Waals surface area contributed by atoms with E-state index in [0.29, 0.717) is 16.5 Å². The van der Waals surface area contributed by atoms with Crippen LogP contribution in [0.5, 0.6) is 0 Å². The van der Waals surface area contributed by atoms with Crippen molar-refractivity contribution in [3.63, 3.8) is 0 Å². The van der Waals surface area contributed by atoms with Gasteiger partial charge in [0.1, 0.15) is 0 Å². The van der Waals surface area contributed by atoms with Crippen LogP contribution in [0, 0.1) is 0 Å². The largest absolute Gasteiger partial charge is 0.336 e. The van der Waals surface area contributed by atoms with Crippen LogP contribution in [0.1, 0.15) is 35.6 Å². The number of halogens is 2. The maximum atomic E-state index is 13.3. The van der Waals surface area contributed by atoms with Gasteiger partial charge in [0.05, 0.1) is 28.5 Å². The molecule has 0 aromatic heterocycles. The molecular formula is C24H26Cl2N2O. The van der Waals surface area contributed by atoms with Crippen molar-refractivity contribution in [1.82, 2.24) is 9.80 Å². The molecule has 0 N–H and O–H groups in total. The summed E-state index contributed by atoms with van der Waals surface area (Å²) in [4.78, 5) is 17.7. The van der Waals surface area contributed by atoms with Gasteiger partial charge >= 0.3 is 0 Å². The highest BCUT2D eigenvalue weighted by Crippen LogP contribution is 2.40. The van der Waals surface area contributed by atoms with Crippen LogP contribution in [0.2, 0.25) is 10.0 Å². The molecule has 0 radical (unpaired) electrons. The molecule has 0 spiro atoms. The summed E-state index contributed by atoms with van der Waals surface area (Å²) in [5.41, 5.74) is 4.58. The predicted molar refractivity (Wildman–Crippen MR) is 120 cm³/mol. The van der Waals surface area contributed by atoms with E-state index in [0.717, 1.165) is 25.1 Å². The zero-order valence-electron chi connectivity index (χ0n) is 16.7.